The number of aromatic amines is 1. The topological polar surface area (TPSA) is 107 Å². The van der Waals surface area contributed by atoms with E-state index in [9.17, 15) is 9.35 Å². The van der Waals surface area contributed by atoms with Crippen molar-refractivity contribution in [3.63, 3.8) is 0 Å². The van der Waals surface area contributed by atoms with Crippen molar-refractivity contribution in [2.75, 3.05) is 11.1 Å². The molecule has 1 aromatic carbocycles. The SMILES string of the molecule is O=C(C[S+]([O-])c1nc(-c2cccnc2)n[nH]1)Nc1cccc(Cl)c1. The molecular formula is C15H12ClN5O2S. The first-order chi connectivity index (χ1) is 11.6. The molecule has 1 unspecified atom stereocenters. The maximum absolute atomic E-state index is 12.2. The molecule has 0 radical (unpaired) electrons. The number of nitrogens with zero attached hydrogens (tertiary/aromatic N) is 3. The summed E-state index contributed by atoms with van der Waals surface area (Å²) in [5.41, 5.74) is 1.23. The van der Waals surface area contributed by atoms with E-state index in [1.165, 1.54) is 0 Å². The van der Waals surface area contributed by atoms with Crippen LogP contribution in [-0.4, -0.2) is 36.4 Å². The molecule has 0 aliphatic carbocycles. The summed E-state index contributed by atoms with van der Waals surface area (Å²) in [6.07, 6.45) is 3.23. The second-order valence-corrected chi connectivity index (χ2v) is 6.56. The monoisotopic (exact) mass is 361 g/mol. The molecule has 0 fully saturated rings. The van der Waals surface area contributed by atoms with E-state index < -0.39 is 17.1 Å². The van der Waals surface area contributed by atoms with Crippen molar-refractivity contribution in [2.24, 2.45) is 0 Å². The number of hydrogen-bond donors (Lipinski definition) is 2. The maximum Gasteiger partial charge on any atom is 0.339 e. The number of anilines is 1. The van der Waals surface area contributed by atoms with Crippen LogP contribution in [0.4, 0.5) is 5.69 Å². The lowest BCUT2D eigenvalue weighted by molar-refractivity contribution is -0.113. The van der Waals surface area contributed by atoms with Gasteiger partial charge in [-0.25, -0.2) is 5.10 Å². The third kappa shape index (κ3) is 4.10. The van der Waals surface area contributed by atoms with Crippen molar-refractivity contribution in [1.29, 1.82) is 0 Å². The summed E-state index contributed by atoms with van der Waals surface area (Å²) in [6, 6.07) is 10.3. The lowest BCUT2D eigenvalue weighted by Crippen LogP contribution is -2.23. The summed E-state index contributed by atoms with van der Waals surface area (Å²) in [6.45, 7) is 0. The third-order valence-corrected chi connectivity index (χ3v) is 4.34. The van der Waals surface area contributed by atoms with Gasteiger partial charge in [0, 0.05) is 39.8 Å². The van der Waals surface area contributed by atoms with Gasteiger partial charge in [0.1, 0.15) is 0 Å². The zero-order valence-corrected chi connectivity index (χ0v) is 13.8. The van der Waals surface area contributed by atoms with Gasteiger partial charge < -0.3 is 9.87 Å². The molecule has 3 aromatic rings. The molecule has 0 saturated carbocycles. The number of hydrogen-bond acceptors (Lipinski definition) is 5. The second-order valence-electron chi connectivity index (χ2n) is 4.75. The number of rotatable bonds is 5. The molecular weight excluding hydrogens is 350 g/mol. The van der Waals surface area contributed by atoms with Crippen LogP contribution in [0.5, 0.6) is 0 Å². The Bertz CT molecular complexity index is 843. The van der Waals surface area contributed by atoms with E-state index in [0.717, 1.165) is 0 Å². The van der Waals surface area contributed by atoms with E-state index >= 15 is 0 Å². The lowest BCUT2D eigenvalue weighted by atomic mass is 10.3. The normalized spacial score (nSPS) is 11.9. The summed E-state index contributed by atoms with van der Waals surface area (Å²) in [7, 11) is 0. The first kappa shape index (κ1) is 16.4. The van der Waals surface area contributed by atoms with E-state index in [4.69, 9.17) is 11.6 Å². The highest BCUT2D eigenvalue weighted by Gasteiger charge is 2.21. The molecule has 24 heavy (non-hydrogen) atoms. The van der Waals surface area contributed by atoms with Gasteiger partial charge >= 0.3 is 5.16 Å². The number of amides is 1. The van der Waals surface area contributed by atoms with Gasteiger partial charge in [0.05, 0.1) is 0 Å². The zero-order valence-electron chi connectivity index (χ0n) is 12.3. The molecule has 0 aliphatic rings. The van der Waals surface area contributed by atoms with Gasteiger partial charge in [0.15, 0.2) is 11.6 Å². The number of benzene rings is 1. The third-order valence-electron chi connectivity index (χ3n) is 2.97. The molecule has 2 N–H and O–H groups in total. The highest BCUT2D eigenvalue weighted by Crippen LogP contribution is 2.17. The molecule has 1 atom stereocenters. The highest BCUT2D eigenvalue weighted by atomic mass is 35.5. The minimum absolute atomic E-state index is 0.134. The Hall–Kier alpha value is -2.42. The molecule has 0 aliphatic heterocycles. The van der Waals surface area contributed by atoms with Gasteiger partial charge in [0.2, 0.25) is 0 Å². The molecule has 122 valence electrons. The molecule has 0 saturated heterocycles. The molecule has 3 rings (SSSR count). The van der Waals surface area contributed by atoms with Crippen LogP contribution in [-0.2, 0) is 16.0 Å². The van der Waals surface area contributed by atoms with Gasteiger partial charge in [-0.2, -0.15) is 4.98 Å². The lowest BCUT2D eigenvalue weighted by Gasteiger charge is -2.07. The van der Waals surface area contributed by atoms with Crippen molar-refractivity contribution in [2.45, 2.75) is 5.16 Å². The number of pyridine rings is 1. The summed E-state index contributed by atoms with van der Waals surface area (Å²) < 4.78 is 12.2. The van der Waals surface area contributed by atoms with Crippen molar-refractivity contribution < 1.29 is 9.35 Å². The Morgan fingerprint density at radius 3 is 2.96 bits per heavy atom. The van der Waals surface area contributed by atoms with Crippen LogP contribution in [0.25, 0.3) is 11.4 Å². The predicted molar refractivity (Wildman–Crippen MR) is 91.0 cm³/mol. The molecule has 1 amide bonds. The molecule has 0 bridgehead atoms. The van der Waals surface area contributed by atoms with Crippen molar-refractivity contribution in [3.05, 3.63) is 53.8 Å². The number of aromatic nitrogens is 4. The molecule has 2 aromatic heterocycles. The van der Waals surface area contributed by atoms with E-state index in [1.807, 2.05) is 0 Å². The van der Waals surface area contributed by atoms with Crippen LogP contribution in [0.2, 0.25) is 5.02 Å². The van der Waals surface area contributed by atoms with Crippen LogP contribution in [0.1, 0.15) is 0 Å². The standard InChI is InChI=1S/C15H12ClN5O2S/c16-11-4-1-5-12(7-11)18-13(22)9-24(23)15-19-14(20-21-15)10-3-2-6-17-8-10/h1-8H,9H2,(H,18,22)(H,19,20,21). The first-order valence-corrected chi connectivity index (χ1v) is 8.58. The number of carbonyl (C=O) groups is 1. The quantitative estimate of drug-likeness (QED) is 0.678. The molecule has 7 nitrogen and oxygen atoms in total. The first-order valence-electron chi connectivity index (χ1n) is 6.88. The largest absolute Gasteiger partial charge is 0.609 e. The Labute approximate surface area is 145 Å². The van der Waals surface area contributed by atoms with Gasteiger partial charge in [-0.05, 0) is 30.3 Å². The van der Waals surface area contributed by atoms with E-state index in [0.29, 0.717) is 22.1 Å². The van der Waals surface area contributed by atoms with Gasteiger partial charge in [-0.3, -0.25) is 9.78 Å². The number of H-pyrrole nitrogens is 1. The predicted octanol–water partition coefficient (Wildman–Crippen LogP) is 2.27. The Morgan fingerprint density at radius 1 is 1.33 bits per heavy atom. The van der Waals surface area contributed by atoms with Crippen LogP contribution in [0, 0.1) is 0 Å². The fraction of sp³-hybridized carbons (Fsp3) is 0.0667. The second kappa shape index (κ2) is 7.43. The fourth-order valence-electron chi connectivity index (χ4n) is 1.92. The van der Waals surface area contributed by atoms with Crippen LogP contribution >= 0.6 is 11.6 Å². The number of carbonyl (C=O) groups excluding carboxylic acids is 1. The Balaban J connectivity index is 1.63. The highest BCUT2D eigenvalue weighted by molar-refractivity contribution is 7.91. The van der Waals surface area contributed by atoms with Gasteiger partial charge in [0.25, 0.3) is 5.91 Å². The zero-order chi connectivity index (χ0) is 16.9. The summed E-state index contributed by atoms with van der Waals surface area (Å²) in [5.74, 6) is -0.273. The van der Waals surface area contributed by atoms with E-state index in [-0.39, 0.29) is 10.9 Å². The van der Waals surface area contributed by atoms with Crippen LogP contribution in [0.15, 0.2) is 53.9 Å². The Morgan fingerprint density at radius 2 is 2.21 bits per heavy atom. The Kier molecular flexibility index (Phi) is 5.09. The summed E-state index contributed by atoms with van der Waals surface area (Å²) >= 11 is 4.21. The fourth-order valence-corrected chi connectivity index (χ4v) is 2.90. The van der Waals surface area contributed by atoms with Crippen molar-refractivity contribution in [3.8, 4) is 11.4 Å². The number of nitrogens with one attached hydrogen (secondary N) is 2. The minimum Gasteiger partial charge on any atom is -0.609 e. The molecule has 2 heterocycles. The average Bonchev–Trinajstić information content (AvgIpc) is 3.05. The molecule has 0 spiro atoms. The van der Waals surface area contributed by atoms with E-state index in [1.54, 1.807) is 48.8 Å². The van der Waals surface area contributed by atoms with Gasteiger partial charge in [-0.1, -0.05) is 17.7 Å². The van der Waals surface area contributed by atoms with E-state index in [2.05, 4.69) is 25.5 Å². The molecule has 9 heteroatoms. The summed E-state index contributed by atoms with van der Waals surface area (Å²) in [5, 5.41) is 9.86. The van der Waals surface area contributed by atoms with Crippen LogP contribution < -0.4 is 5.32 Å². The van der Waals surface area contributed by atoms with Crippen molar-refractivity contribution >= 4 is 34.4 Å². The van der Waals surface area contributed by atoms with Crippen molar-refractivity contribution in [1.82, 2.24) is 20.2 Å². The smallest absolute Gasteiger partial charge is 0.339 e. The van der Waals surface area contributed by atoms with Gasteiger partial charge in [-0.15, -0.1) is 5.10 Å². The minimum atomic E-state index is -1.64. The van der Waals surface area contributed by atoms with Crippen LogP contribution in [0.3, 0.4) is 0 Å². The average molecular weight is 362 g/mol. The summed E-state index contributed by atoms with van der Waals surface area (Å²) in [4.78, 5) is 20.1. The maximum atomic E-state index is 12.2. The number of halogens is 1.